The van der Waals surface area contributed by atoms with Gasteiger partial charge in [0.25, 0.3) is 0 Å². The second kappa shape index (κ2) is 7.07. The molecule has 0 unspecified atom stereocenters. The molecule has 0 fully saturated rings. The third-order valence-electron chi connectivity index (χ3n) is 3.61. The first-order chi connectivity index (χ1) is 10.5. The van der Waals surface area contributed by atoms with E-state index in [9.17, 15) is 4.79 Å². The summed E-state index contributed by atoms with van der Waals surface area (Å²) in [4.78, 5) is 16.4. The van der Waals surface area contributed by atoms with Crippen molar-refractivity contribution in [2.45, 2.75) is 33.6 Å². The average Bonchev–Trinajstić information content (AvgIpc) is 2.48. The van der Waals surface area contributed by atoms with Crippen LogP contribution < -0.4 is 11.2 Å². The highest BCUT2D eigenvalue weighted by molar-refractivity contribution is 5.78. The molecule has 0 saturated heterocycles. The van der Waals surface area contributed by atoms with Gasteiger partial charge in [-0.3, -0.25) is 14.4 Å². The molecule has 2 aromatic rings. The molecule has 4 nitrogen and oxygen atoms in total. The summed E-state index contributed by atoms with van der Waals surface area (Å²) >= 11 is 0. The van der Waals surface area contributed by atoms with Gasteiger partial charge in [-0.2, -0.15) is 0 Å². The zero-order valence-electron chi connectivity index (χ0n) is 13.5. The zero-order valence-corrected chi connectivity index (χ0v) is 13.5. The van der Waals surface area contributed by atoms with Crippen molar-refractivity contribution in [2.24, 2.45) is 4.99 Å². The van der Waals surface area contributed by atoms with Crippen LogP contribution in [0.25, 0.3) is 11.1 Å². The molecule has 1 heterocycles. The molecular formula is C18H23N3O. The molecule has 0 amide bonds. The summed E-state index contributed by atoms with van der Waals surface area (Å²) in [5, 5.41) is 0. The van der Waals surface area contributed by atoms with Crippen molar-refractivity contribution in [3.63, 3.8) is 0 Å². The monoisotopic (exact) mass is 297 g/mol. The first kappa shape index (κ1) is 16.0. The van der Waals surface area contributed by atoms with Crippen molar-refractivity contribution in [3.05, 3.63) is 47.6 Å². The summed E-state index contributed by atoms with van der Waals surface area (Å²) in [6.07, 6.45) is 3.97. The Kier molecular flexibility index (Phi) is 5.15. The number of nitrogens with two attached hydrogens (primary N) is 1. The van der Waals surface area contributed by atoms with Gasteiger partial charge in [0.05, 0.1) is 0 Å². The quantitative estimate of drug-likeness (QED) is 0.694. The topological polar surface area (TPSA) is 60.4 Å². The third kappa shape index (κ3) is 3.64. The summed E-state index contributed by atoms with van der Waals surface area (Å²) in [5.41, 5.74) is 10.4. The smallest absolute Gasteiger partial charge is 0.229 e. The number of nitrogens with zero attached hydrogens (tertiary/aromatic N) is 2. The molecule has 0 aliphatic rings. The van der Waals surface area contributed by atoms with Crippen LogP contribution >= 0.6 is 0 Å². The number of aryl methyl sites for hydroxylation is 1. The Bertz CT molecular complexity index is 744. The van der Waals surface area contributed by atoms with Gasteiger partial charge in [0.2, 0.25) is 5.91 Å². The van der Waals surface area contributed by atoms with E-state index >= 15 is 0 Å². The fourth-order valence-corrected chi connectivity index (χ4v) is 2.40. The number of carbonyl (C=O) groups is 1. The minimum atomic E-state index is -0.0369. The lowest BCUT2D eigenvalue weighted by atomic mass is 10.0. The fraction of sp³-hybridized carbons (Fsp3) is 0.333. The molecule has 0 radical (unpaired) electrons. The highest BCUT2D eigenvalue weighted by Gasteiger charge is 2.06. The van der Waals surface area contributed by atoms with Crippen molar-refractivity contribution in [1.82, 2.24) is 4.57 Å². The number of hydrogen-bond donors (Lipinski definition) is 1. The largest absolute Gasteiger partial charge is 0.399 e. The second-order valence-corrected chi connectivity index (χ2v) is 5.47. The summed E-state index contributed by atoms with van der Waals surface area (Å²) in [7, 11) is 0. The van der Waals surface area contributed by atoms with Crippen molar-refractivity contribution in [3.8, 4) is 11.1 Å². The Labute approximate surface area is 131 Å². The van der Waals surface area contributed by atoms with Crippen molar-refractivity contribution < 1.29 is 4.79 Å². The van der Waals surface area contributed by atoms with Crippen molar-refractivity contribution in [1.29, 1.82) is 0 Å². The van der Waals surface area contributed by atoms with E-state index in [-0.39, 0.29) is 5.91 Å². The van der Waals surface area contributed by atoms with Gasteiger partial charge in [0.15, 0.2) is 0 Å². The lowest BCUT2D eigenvalue weighted by molar-refractivity contribution is 0.0931. The molecular weight excluding hydrogens is 274 g/mol. The molecule has 1 aromatic carbocycles. The number of benzene rings is 1. The lowest BCUT2D eigenvalue weighted by Crippen LogP contribution is -2.25. The Morgan fingerprint density at radius 3 is 2.68 bits per heavy atom. The SMILES string of the molecule is CCCC/N=c1/ccc(-c2ccc(N)cc2C)cn1C(C)=O. The van der Waals surface area contributed by atoms with Crippen LogP contribution in [0.3, 0.4) is 0 Å². The van der Waals surface area contributed by atoms with E-state index in [2.05, 4.69) is 11.9 Å². The van der Waals surface area contributed by atoms with Gasteiger partial charge in [0, 0.05) is 25.4 Å². The minimum absolute atomic E-state index is 0.0369. The minimum Gasteiger partial charge on any atom is -0.399 e. The van der Waals surface area contributed by atoms with Crippen LogP contribution in [0, 0.1) is 6.92 Å². The molecule has 0 saturated carbocycles. The molecule has 1 aromatic heterocycles. The molecule has 0 aliphatic heterocycles. The number of carbonyl (C=O) groups excluding carboxylic acids is 1. The number of anilines is 1. The normalized spacial score (nSPS) is 11.7. The van der Waals surface area contributed by atoms with Crippen molar-refractivity contribution in [2.75, 3.05) is 12.3 Å². The third-order valence-corrected chi connectivity index (χ3v) is 3.61. The van der Waals surface area contributed by atoms with E-state index in [1.54, 1.807) is 11.5 Å². The molecule has 22 heavy (non-hydrogen) atoms. The second-order valence-electron chi connectivity index (χ2n) is 5.47. The molecule has 0 atom stereocenters. The Morgan fingerprint density at radius 1 is 1.27 bits per heavy atom. The maximum Gasteiger partial charge on any atom is 0.229 e. The highest BCUT2D eigenvalue weighted by atomic mass is 16.1. The van der Waals surface area contributed by atoms with Crippen LogP contribution in [0.4, 0.5) is 5.69 Å². The predicted molar refractivity (Wildman–Crippen MR) is 90.7 cm³/mol. The molecule has 0 bridgehead atoms. The Hall–Kier alpha value is -2.36. The van der Waals surface area contributed by atoms with Crippen LogP contribution in [0.5, 0.6) is 0 Å². The fourth-order valence-electron chi connectivity index (χ4n) is 2.40. The van der Waals surface area contributed by atoms with E-state index in [1.807, 2.05) is 43.5 Å². The van der Waals surface area contributed by atoms with Gasteiger partial charge in [-0.05, 0) is 54.3 Å². The first-order valence-electron chi connectivity index (χ1n) is 7.63. The Balaban J connectivity index is 2.49. The van der Waals surface area contributed by atoms with Gasteiger partial charge >= 0.3 is 0 Å². The average molecular weight is 297 g/mol. The molecule has 2 rings (SSSR count). The molecule has 2 N–H and O–H groups in total. The van der Waals surface area contributed by atoms with Crippen LogP contribution in [0.1, 0.15) is 37.0 Å². The summed E-state index contributed by atoms with van der Waals surface area (Å²) < 4.78 is 1.61. The standard InChI is InChI=1S/C18H23N3O/c1-4-5-10-20-18-9-6-15(12-21(18)14(3)22)17-8-7-16(19)11-13(17)2/h6-9,11-12H,4-5,10,19H2,1-3H3/b20-18-. The molecule has 4 heteroatoms. The van der Waals surface area contributed by atoms with Crippen molar-refractivity contribution >= 4 is 11.6 Å². The Morgan fingerprint density at radius 2 is 2.05 bits per heavy atom. The maximum absolute atomic E-state index is 11.9. The first-order valence-corrected chi connectivity index (χ1v) is 7.63. The van der Waals surface area contributed by atoms with Crippen LogP contribution in [-0.2, 0) is 0 Å². The van der Waals surface area contributed by atoms with E-state index < -0.39 is 0 Å². The van der Waals surface area contributed by atoms with Gasteiger partial charge in [0.1, 0.15) is 5.49 Å². The number of unbranched alkanes of at least 4 members (excludes halogenated alkanes) is 1. The van der Waals surface area contributed by atoms with E-state index in [1.165, 1.54) is 0 Å². The summed E-state index contributed by atoms with van der Waals surface area (Å²) in [6.45, 7) is 6.44. The van der Waals surface area contributed by atoms with E-state index in [0.29, 0.717) is 5.49 Å². The zero-order chi connectivity index (χ0) is 16.1. The number of pyridine rings is 1. The van der Waals surface area contributed by atoms with E-state index in [0.717, 1.165) is 41.8 Å². The van der Waals surface area contributed by atoms with Gasteiger partial charge in [-0.15, -0.1) is 0 Å². The number of nitrogen functional groups attached to an aromatic ring is 1. The van der Waals surface area contributed by atoms with E-state index in [4.69, 9.17) is 5.73 Å². The van der Waals surface area contributed by atoms with Crippen LogP contribution in [0.2, 0.25) is 0 Å². The highest BCUT2D eigenvalue weighted by Crippen LogP contribution is 2.24. The van der Waals surface area contributed by atoms with Gasteiger partial charge < -0.3 is 5.73 Å². The maximum atomic E-state index is 11.9. The van der Waals surface area contributed by atoms with Crippen LogP contribution in [-0.4, -0.2) is 17.0 Å². The molecule has 0 spiro atoms. The van der Waals surface area contributed by atoms with Crippen LogP contribution in [0.15, 0.2) is 41.5 Å². The number of rotatable bonds is 4. The van der Waals surface area contributed by atoms with Gasteiger partial charge in [-0.25, -0.2) is 0 Å². The lowest BCUT2D eigenvalue weighted by Gasteiger charge is -2.10. The molecule has 0 aliphatic carbocycles. The summed E-state index contributed by atoms with van der Waals surface area (Å²) in [5.74, 6) is -0.0369. The number of hydrogen-bond acceptors (Lipinski definition) is 3. The predicted octanol–water partition coefficient (Wildman–Crippen LogP) is 3.41. The van der Waals surface area contributed by atoms with Gasteiger partial charge in [-0.1, -0.05) is 19.4 Å². The summed E-state index contributed by atoms with van der Waals surface area (Å²) in [6, 6.07) is 9.70. The number of aromatic nitrogens is 1. The molecule has 116 valence electrons.